The second-order valence-corrected chi connectivity index (χ2v) is 6.35. The highest BCUT2D eigenvalue weighted by Gasteiger charge is 2.42. The average Bonchev–Trinajstić information content (AvgIpc) is 2.75. The summed E-state index contributed by atoms with van der Waals surface area (Å²) in [5, 5.41) is 8.96. The lowest BCUT2D eigenvalue weighted by Crippen LogP contribution is -2.52. The molecule has 2 aliphatic heterocycles. The molecule has 1 amide bonds. The number of amides is 1. The molecule has 2 unspecified atom stereocenters. The predicted octanol–water partition coefficient (Wildman–Crippen LogP) is -0.0870. The molecule has 2 rings (SSSR count). The van der Waals surface area contributed by atoms with Crippen LogP contribution in [0.2, 0.25) is 0 Å². The Balaban J connectivity index is 2.03. The Morgan fingerprint density at radius 2 is 2.26 bits per heavy atom. The molecule has 7 heteroatoms. The summed E-state index contributed by atoms with van der Waals surface area (Å²) in [5.74, 6) is 0.632. The molecular weight excluding hydrogens is 268 g/mol. The van der Waals surface area contributed by atoms with Gasteiger partial charge in [0.25, 0.3) is 0 Å². The van der Waals surface area contributed by atoms with E-state index in [1.54, 1.807) is 4.90 Å². The van der Waals surface area contributed by atoms with Gasteiger partial charge in [-0.05, 0) is 25.0 Å². The minimum Gasteiger partial charge on any atom is -0.480 e. The topological polar surface area (TPSA) is 92.9 Å². The number of primary amides is 1. The maximum absolute atomic E-state index is 11.1. The maximum atomic E-state index is 11.1. The molecule has 3 N–H and O–H groups in total. The molecular formula is C12H20N2O4S. The molecule has 0 aromatic carbocycles. The molecule has 0 bridgehead atoms. The van der Waals surface area contributed by atoms with E-state index in [0.29, 0.717) is 6.61 Å². The Bertz CT molecular complexity index is 342. The van der Waals surface area contributed by atoms with Crippen LogP contribution in [-0.2, 0) is 14.3 Å². The van der Waals surface area contributed by atoms with Crippen molar-refractivity contribution >= 4 is 23.6 Å². The molecule has 0 saturated carbocycles. The number of ether oxygens (including phenoxy) is 1. The van der Waals surface area contributed by atoms with Crippen molar-refractivity contribution in [3.05, 3.63) is 0 Å². The molecule has 0 radical (unpaired) electrons. The van der Waals surface area contributed by atoms with Gasteiger partial charge in [0.1, 0.15) is 0 Å². The van der Waals surface area contributed by atoms with Crippen molar-refractivity contribution in [1.29, 1.82) is 0 Å². The van der Waals surface area contributed by atoms with E-state index in [0.717, 1.165) is 30.8 Å². The average molecular weight is 288 g/mol. The zero-order valence-corrected chi connectivity index (χ0v) is 11.7. The number of thioether (sulfide) groups is 1. The number of carbonyl (C=O) groups is 2. The number of nitrogens with zero attached hydrogens (tertiary/aromatic N) is 1. The van der Waals surface area contributed by atoms with E-state index < -0.39 is 11.9 Å². The van der Waals surface area contributed by atoms with Crippen molar-refractivity contribution in [3.63, 3.8) is 0 Å². The van der Waals surface area contributed by atoms with Crippen molar-refractivity contribution in [2.75, 3.05) is 31.2 Å². The highest BCUT2D eigenvalue weighted by Crippen LogP contribution is 2.39. The Labute approximate surface area is 116 Å². The highest BCUT2D eigenvalue weighted by molar-refractivity contribution is 7.99. The molecule has 2 fully saturated rings. The lowest BCUT2D eigenvalue weighted by atomic mass is 9.89. The van der Waals surface area contributed by atoms with Crippen LogP contribution in [0.25, 0.3) is 0 Å². The molecule has 2 heterocycles. The normalized spacial score (nSPS) is 30.9. The summed E-state index contributed by atoms with van der Waals surface area (Å²) >= 11 is 1.87. The van der Waals surface area contributed by atoms with Crippen LogP contribution in [0.15, 0.2) is 0 Å². The number of hydrogen-bond donors (Lipinski definition) is 2. The number of rotatable bonds is 5. The molecule has 0 aromatic rings. The Kier molecular flexibility index (Phi) is 4.70. The first-order valence-corrected chi connectivity index (χ1v) is 7.62. The minimum atomic E-state index is -0.928. The lowest BCUT2D eigenvalue weighted by Gasteiger charge is -2.41. The van der Waals surface area contributed by atoms with Gasteiger partial charge in [0.05, 0.1) is 18.7 Å². The number of carboxylic acids is 1. The monoisotopic (exact) mass is 288 g/mol. The smallest absolute Gasteiger partial charge is 0.317 e. The van der Waals surface area contributed by atoms with Crippen LogP contribution in [0, 0.1) is 0 Å². The molecule has 6 nitrogen and oxygen atoms in total. The first kappa shape index (κ1) is 14.6. The van der Waals surface area contributed by atoms with Gasteiger partial charge in [-0.2, -0.15) is 11.8 Å². The first-order chi connectivity index (χ1) is 9.01. The van der Waals surface area contributed by atoms with E-state index in [1.165, 1.54) is 0 Å². The van der Waals surface area contributed by atoms with Crippen LogP contribution in [0.1, 0.15) is 19.3 Å². The molecule has 2 saturated heterocycles. The molecule has 2 atom stereocenters. The molecule has 2 aliphatic rings. The van der Waals surface area contributed by atoms with Gasteiger partial charge in [-0.3, -0.25) is 14.5 Å². The quantitative estimate of drug-likeness (QED) is 0.734. The zero-order chi connectivity index (χ0) is 13.9. The summed E-state index contributed by atoms with van der Waals surface area (Å²) in [6, 6.07) is 0.0658. The number of carbonyl (C=O) groups excluding carboxylic acids is 1. The van der Waals surface area contributed by atoms with E-state index in [4.69, 9.17) is 15.6 Å². The SMILES string of the molecule is NC(=O)CN(CC(=O)O)C1CCOC2(CCSC2)C1. The molecule has 19 heavy (non-hydrogen) atoms. The van der Waals surface area contributed by atoms with Crippen molar-refractivity contribution in [3.8, 4) is 0 Å². The van der Waals surface area contributed by atoms with Gasteiger partial charge in [-0.25, -0.2) is 0 Å². The second-order valence-electron chi connectivity index (χ2n) is 5.25. The van der Waals surface area contributed by atoms with Crippen molar-refractivity contribution < 1.29 is 19.4 Å². The minimum absolute atomic E-state index is 0.000188. The lowest BCUT2D eigenvalue weighted by molar-refractivity contribution is -0.142. The van der Waals surface area contributed by atoms with E-state index in [1.807, 2.05) is 11.8 Å². The molecule has 0 aromatic heterocycles. The third kappa shape index (κ3) is 3.84. The standard InChI is InChI=1S/C12H20N2O4S/c13-10(15)6-14(7-11(16)17)9-1-3-18-12(5-9)2-4-19-8-12/h9H,1-8H2,(H2,13,15)(H,16,17). The Morgan fingerprint density at radius 3 is 2.84 bits per heavy atom. The van der Waals surface area contributed by atoms with E-state index >= 15 is 0 Å². The van der Waals surface area contributed by atoms with Crippen LogP contribution in [0.5, 0.6) is 0 Å². The highest BCUT2D eigenvalue weighted by atomic mass is 32.2. The van der Waals surface area contributed by atoms with Crippen molar-refractivity contribution in [1.82, 2.24) is 4.90 Å². The maximum Gasteiger partial charge on any atom is 0.317 e. The predicted molar refractivity (Wildman–Crippen MR) is 72.1 cm³/mol. The summed E-state index contributed by atoms with van der Waals surface area (Å²) in [7, 11) is 0. The van der Waals surface area contributed by atoms with Gasteiger partial charge in [-0.15, -0.1) is 0 Å². The van der Waals surface area contributed by atoms with Gasteiger partial charge < -0.3 is 15.6 Å². The fourth-order valence-electron chi connectivity index (χ4n) is 2.86. The largest absolute Gasteiger partial charge is 0.480 e. The number of nitrogens with two attached hydrogens (primary N) is 1. The third-order valence-electron chi connectivity index (χ3n) is 3.75. The van der Waals surface area contributed by atoms with Crippen LogP contribution in [0.3, 0.4) is 0 Å². The number of carboxylic acid groups (broad SMARTS) is 1. The fraction of sp³-hybridized carbons (Fsp3) is 0.833. The first-order valence-electron chi connectivity index (χ1n) is 6.47. The van der Waals surface area contributed by atoms with Crippen LogP contribution in [-0.4, -0.2) is 64.7 Å². The zero-order valence-electron chi connectivity index (χ0n) is 10.8. The van der Waals surface area contributed by atoms with E-state index in [2.05, 4.69) is 0 Å². The summed E-state index contributed by atoms with van der Waals surface area (Å²) < 4.78 is 5.91. The fourth-order valence-corrected chi connectivity index (χ4v) is 4.24. The molecule has 108 valence electrons. The molecule has 1 spiro atoms. The van der Waals surface area contributed by atoms with Crippen LogP contribution >= 0.6 is 11.8 Å². The number of hydrogen-bond acceptors (Lipinski definition) is 5. The Morgan fingerprint density at radius 1 is 1.47 bits per heavy atom. The second kappa shape index (κ2) is 6.11. The van der Waals surface area contributed by atoms with Crippen molar-refractivity contribution in [2.24, 2.45) is 5.73 Å². The van der Waals surface area contributed by atoms with Crippen LogP contribution < -0.4 is 5.73 Å². The van der Waals surface area contributed by atoms with E-state index in [9.17, 15) is 9.59 Å². The summed E-state index contributed by atoms with van der Waals surface area (Å²) in [6.07, 6.45) is 2.55. The van der Waals surface area contributed by atoms with Gasteiger partial charge in [0.2, 0.25) is 5.91 Å². The van der Waals surface area contributed by atoms with Gasteiger partial charge in [0.15, 0.2) is 0 Å². The summed E-state index contributed by atoms with van der Waals surface area (Å²) in [5.41, 5.74) is 5.09. The summed E-state index contributed by atoms with van der Waals surface area (Å²) in [4.78, 5) is 23.7. The summed E-state index contributed by atoms with van der Waals surface area (Å²) in [6.45, 7) is 0.483. The van der Waals surface area contributed by atoms with Crippen LogP contribution in [0.4, 0.5) is 0 Å². The number of aliphatic carboxylic acids is 1. The Hall–Kier alpha value is -0.790. The molecule has 0 aliphatic carbocycles. The van der Waals surface area contributed by atoms with Crippen molar-refractivity contribution in [2.45, 2.75) is 30.9 Å². The van der Waals surface area contributed by atoms with E-state index in [-0.39, 0.29) is 24.7 Å². The third-order valence-corrected chi connectivity index (χ3v) is 4.97. The van der Waals surface area contributed by atoms with Gasteiger partial charge in [-0.1, -0.05) is 0 Å². The van der Waals surface area contributed by atoms with Gasteiger partial charge >= 0.3 is 5.97 Å². The van der Waals surface area contributed by atoms with Gasteiger partial charge in [0, 0.05) is 18.4 Å².